The van der Waals surface area contributed by atoms with E-state index < -0.39 is 0 Å². The van der Waals surface area contributed by atoms with Crippen LogP contribution in [0.5, 0.6) is 0 Å². The lowest BCUT2D eigenvalue weighted by molar-refractivity contribution is -0.138. The summed E-state index contributed by atoms with van der Waals surface area (Å²) in [6.07, 6.45) is 2.33. The second-order valence-corrected chi connectivity index (χ2v) is 5.05. The third kappa shape index (κ3) is 1.54. The highest BCUT2D eigenvalue weighted by atomic mass is 16.3. The average molecular weight is 197 g/mol. The van der Waals surface area contributed by atoms with Crippen molar-refractivity contribution in [1.29, 1.82) is 0 Å². The van der Waals surface area contributed by atoms with Crippen LogP contribution in [0.3, 0.4) is 0 Å². The maximum absolute atomic E-state index is 12.0. The van der Waals surface area contributed by atoms with Gasteiger partial charge in [-0.3, -0.25) is 4.79 Å². The Bertz CT molecular complexity index is 246. The van der Waals surface area contributed by atoms with Crippen LogP contribution in [-0.2, 0) is 4.79 Å². The van der Waals surface area contributed by atoms with E-state index in [9.17, 15) is 9.90 Å². The first-order valence-corrected chi connectivity index (χ1v) is 5.51. The Hall–Kier alpha value is -0.570. The van der Waals surface area contributed by atoms with E-state index in [1.54, 1.807) is 0 Å². The van der Waals surface area contributed by atoms with E-state index in [1.807, 2.05) is 4.90 Å². The molecule has 1 saturated heterocycles. The van der Waals surface area contributed by atoms with E-state index in [-0.39, 0.29) is 11.5 Å². The molecular weight excluding hydrogens is 178 g/mol. The van der Waals surface area contributed by atoms with Crippen LogP contribution in [-0.4, -0.2) is 35.1 Å². The van der Waals surface area contributed by atoms with E-state index in [0.717, 1.165) is 32.4 Å². The maximum atomic E-state index is 12.0. The largest absolute Gasteiger partial charge is 0.393 e. The number of hydrogen-bond acceptors (Lipinski definition) is 2. The molecule has 14 heavy (non-hydrogen) atoms. The first kappa shape index (κ1) is 9.97. The molecule has 2 aliphatic rings. The Morgan fingerprint density at radius 1 is 1.43 bits per heavy atom. The summed E-state index contributed by atoms with van der Waals surface area (Å²) in [5, 5.41) is 9.34. The summed E-state index contributed by atoms with van der Waals surface area (Å²) in [6.45, 7) is 5.67. The fraction of sp³-hybridized carbons (Fsp3) is 0.909. The molecule has 0 aromatic rings. The van der Waals surface area contributed by atoms with Gasteiger partial charge in [-0.2, -0.15) is 0 Å². The molecule has 1 heterocycles. The van der Waals surface area contributed by atoms with Crippen LogP contribution in [0.4, 0.5) is 0 Å². The number of likely N-dealkylation sites (tertiary alicyclic amines) is 1. The topological polar surface area (TPSA) is 40.5 Å². The second kappa shape index (κ2) is 3.23. The van der Waals surface area contributed by atoms with E-state index in [4.69, 9.17) is 0 Å². The Morgan fingerprint density at radius 2 is 1.93 bits per heavy atom. The van der Waals surface area contributed by atoms with Gasteiger partial charge in [0.1, 0.15) is 0 Å². The molecule has 3 heteroatoms. The molecule has 2 atom stereocenters. The van der Waals surface area contributed by atoms with Gasteiger partial charge in [-0.05, 0) is 25.2 Å². The highest BCUT2D eigenvalue weighted by Gasteiger charge is 2.54. The monoisotopic (exact) mass is 197 g/mol. The lowest BCUT2D eigenvalue weighted by atomic mass is 10.0. The SMILES string of the molecule is C[C@H]1C[C@]1(C)C(=O)N1CCC(O)CC1. The van der Waals surface area contributed by atoms with Crippen LogP contribution in [0.25, 0.3) is 0 Å². The first-order valence-electron chi connectivity index (χ1n) is 5.51. The van der Waals surface area contributed by atoms with Crippen molar-refractivity contribution in [2.24, 2.45) is 11.3 Å². The molecule has 2 fully saturated rings. The molecule has 1 amide bonds. The van der Waals surface area contributed by atoms with E-state index in [1.165, 1.54) is 0 Å². The number of carbonyl (C=O) groups excluding carboxylic acids is 1. The van der Waals surface area contributed by atoms with Gasteiger partial charge in [0.15, 0.2) is 0 Å². The highest BCUT2D eigenvalue weighted by molar-refractivity contribution is 5.85. The van der Waals surface area contributed by atoms with E-state index >= 15 is 0 Å². The van der Waals surface area contributed by atoms with Gasteiger partial charge in [-0.15, -0.1) is 0 Å². The number of aliphatic hydroxyl groups excluding tert-OH is 1. The van der Waals surface area contributed by atoms with Crippen molar-refractivity contribution in [3.05, 3.63) is 0 Å². The molecule has 0 unspecified atom stereocenters. The quantitative estimate of drug-likeness (QED) is 0.681. The van der Waals surface area contributed by atoms with Crippen LogP contribution >= 0.6 is 0 Å². The lowest BCUT2D eigenvalue weighted by Gasteiger charge is -2.32. The summed E-state index contributed by atoms with van der Waals surface area (Å²) >= 11 is 0. The van der Waals surface area contributed by atoms with Crippen molar-refractivity contribution >= 4 is 5.91 Å². The molecule has 0 aromatic heterocycles. The van der Waals surface area contributed by atoms with Gasteiger partial charge in [0, 0.05) is 18.5 Å². The molecule has 0 bridgehead atoms. The molecule has 0 radical (unpaired) electrons. The van der Waals surface area contributed by atoms with Crippen LogP contribution < -0.4 is 0 Å². The Labute approximate surface area is 85.1 Å². The number of carbonyl (C=O) groups is 1. The summed E-state index contributed by atoms with van der Waals surface area (Å²) in [7, 11) is 0. The van der Waals surface area contributed by atoms with Gasteiger partial charge in [0.25, 0.3) is 0 Å². The zero-order valence-corrected chi connectivity index (χ0v) is 8.99. The molecule has 1 aliphatic heterocycles. The van der Waals surface area contributed by atoms with Crippen molar-refractivity contribution in [1.82, 2.24) is 4.90 Å². The van der Waals surface area contributed by atoms with Gasteiger partial charge in [-0.25, -0.2) is 0 Å². The minimum Gasteiger partial charge on any atom is -0.393 e. The number of rotatable bonds is 1. The number of hydrogen-bond donors (Lipinski definition) is 1. The summed E-state index contributed by atoms with van der Waals surface area (Å²) in [4.78, 5) is 14.0. The smallest absolute Gasteiger partial charge is 0.228 e. The summed E-state index contributed by atoms with van der Waals surface area (Å²) in [5.41, 5.74) is -0.0811. The van der Waals surface area contributed by atoms with Gasteiger partial charge in [0.05, 0.1) is 6.10 Å². The fourth-order valence-electron chi connectivity index (χ4n) is 2.31. The third-order valence-electron chi connectivity index (χ3n) is 3.90. The van der Waals surface area contributed by atoms with Gasteiger partial charge < -0.3 is 10.0 Å². The molecule has 0 spiro atoms. The summed E-state index contributed by atoms with van der Waals surface area (Å²) < 4.78 is 0. The third-order valence-corrected chi connectivity index (χ3v) is 3.90. The average Bonchev–Trinajstić information content (AvgIpc) is 2.76. The molecule has 1 aliphatic carbocycles. The predicted octanol–water partition coefficient (Wildman–Crippen LogP) is 1.02. The van der Waals surface area contributed by atoms with Crippen molar-refractivity contribution < 1.29 is 9.90 Å². The van der Waals surface area contributed by atoms with E-state index in [0.29, 0.717) is 11.8 Å². The first-order chi connectivity index (χ1) is 6.54. The summed E-state index contributed by atoms with van der Waals surface area (Å²) in [5.74, 6) is 0.846. The van der Waals surface area contributed by atoms with Crippen molar-refractivity contribution in [3.8, 4) is 0 Å². The molecular formula is C11H19NO2. The maximum Gasteiger partial charge on any atom is 0.228 e. The Balaban J connectivity index is 1.93. The highest BCUT2D eigenvalue weighted by Crippen LogP contribution is 2.53. The van der Waals surface area contributed by atoms with Crippen molar-refractivity contribution in [2.75, 3.05) is 13.1 Å². The molecule has 1 saturated carbocycles. The predicted molar refractivity (Wildman–Crippen MR) is 53.7 cm³/mol. The molecule has 0 aromatic carbocycles. The minimum atomic E-state index is -0.191. The van der Waals surface area contributed by atoms with Crippen LogP contribution in [0.2, 0.25) is 0 Å². The zero-order valence-electron chi connectivity index (χ0n) is 8.99. The van der Waals surface area contributed by atoms with Gasteiger partial charge >= 0.3 is 0 Å². The normalized spacial score (nSPS) is 38.5. The Morgan fingerprint density at radius 3 is 2.36 bits per heavy atom. The standard InChI is InChI=1S/C11H19NO2/c1-8-7-11(8,2)10(14)12-5-3-9(13)4-6-12/h8-9,13H,3-7H2,1-2H3/t8-,11-/m0/s1. The fourth-order valence-corrected chi connectivity index (χ4v) is 2.31. The summed E-state index contributed by atoms with van der Waals surface area (Å²) in [6, 6.07) is 0. The van der Waals surface area contributed by atoms with Crippen molar-refractivity contribution in [3.63, 3.8) is 0 Å². The van der Waals surface area contributed by atoms with Crippen LogP contribution in [0.15, 0.2) is 0 Å². The lowest BCUT2D eigenvalue weighted by Crippen LogP contribution is -2.43. The number of nitrogens with zero attached hydrogens (tertiary/aromatic N) is 1. The molecule has 3 nitrogen and oxygen atoms in total. The van der Waals surface area contributed by atoms with Crippen LogP contribution in [0.1, 0.15) is 33.1 Å². The van der Waals surface area contributed by atoms with E-state index in [2.05, 4.69) is 13.8 Å². The Kier molecular flexibility index (Phi) is 2.30. The number of aliphatic hydroxyl groups is 1. The molecule has 1 N–H and O–H groups in total. The molecule has 2 rings (SSSR count). The van der Waals surface area contributed by atoms with Crippen LogP contribution in [0, 0.1) is 11.3 Å². The zero-order chi connectivity index (χ0) is 10.3. The number of amides is 1. The number of piperidine rings is 1. The molecule has 80 valence electrons. The van der Waals surface area contributed by atoms with Gasteiger partial charge in [-0.1, -0.05) is 13.8 Å². The second-order valence-electron chi connectivity index (χ2n) is 5.05. The minimum absolute atomic E-state index is 0.0811. The van der Waals surface area contributed by atoms with Gasteiger partial charge in [0.2, 0.25) is 5.91 Å². The van der Waals surface area contributed by atoms with Crippen molar-refractivity contribution in [2.45, 2.75) is 39.2 Å².